The van der Waals surface area contributed by atoms with E-state index in [4.69, 9.17) is 14.3 Å². The van der Waals surface area contributed by atoms with Gasteiger partial charge in [-0.2, -0.15) is 0 Å². The second-order valence-electron chi connectivity index (χ2n) is 3.51. The van der Waals surface area contributed by atoms with Gasteiger partial charge in [0.2, 0.25) is 5.89 Å². The average molecular weight is 268 g/mol. The van der Waals surface area contributed by atoms with Crippen LogP contribution in [0.2, 0.25) is 0 Å². The first-order valence-electron chi connectivity index (χ1n) is 5.40. The van der Waals surface area contributed by atoms with Crippen LogP contribution in [0.25, 0.3) is 10.8 Å². The van der Waals surface area contributed by atoms with E-state index >= 15 is 0 Å². The van der Waals surface area contributed by atoms with E-state index in [2.05, 4.69) is 17.1 Å². The fraction of sp³-hybridized carbons (Fsp3) is 0.364. The number of hydrogen-bond donors (Lipinski definition) is 1. The van der Waals surface area contributed by atoms with E-state index in [-0.39, 0.29) is 19.1 Å². The molecule has 0 unspecified atom stereocenters. The normalized spacial score (nSPS) is 10.7. The van der Waals surface area contributed by atoms with Crippen LogP contribution in [0.4, 0.5) is 0 Å². The minimum Gasteiger partial charge on any atom is -0.480 e. The van der Waals surface area contributed by atoms with Gasteiger partial charge in [0.05, 0.1) is 4.88 Å². The summed E-state index contributed by atoms with van der Waals surface area (Å²) >= 11 is 1.60. The van der Waals surface area contributed by atoms with Gasteiger partial charge in [0.1, 0.15) is 13.2 Å². The van der Waals surface area contributed by atoms with Crippen LogP contribution < -0.4 is 0 Å². The van der Waals surface area contributed by atoms with Gasteiger partial charge in [-0.05, 0) is 18.6 Å². The van der Waals surface area contributed by atoms with Crippen LogP contribution >= 0.6 is 11.3 Å². The maximum atomic E-state index is 10.3. The van der Waals surface area contributed by atoms with Crippen molar-refractivity contribution in [2.75, 3.05) is 6.61 Å². The summed E-state index contributed by atoms with van der Waals surface area (Å²) in [6, 6.07) is 3.95. The Balaban J connectivity index is 1.99. The highest BCUT2D eigenvalue weighted by Gasteiger charge is 2.11. The Hall–Kier alpha value is -1.73. The lowest BCUT2D eigenvalue weighted by molar-refractivity contribution is -0.142. The van der Waals surface area contributed by atoms with Gasteiger partial charge in [0, 0.05) is 4.88 Å². The van der Waals surface area contributed by atoms with Crippen molar-refractivity contribution in [3.8, 4) is 10.8 Å². The minimum atomic E-state index is -1.03. The quantitative estimate of drug-likeness (QED) is 0.862. The van der Waals surface area contributed by atoms with Crippen molar-refractivity contribution >= 4 is 17.3 Å². The monoisotopic (exact) mass is 268 g/mol. The van der Waals surface area contributed by atoms with E-state index in [1.165, 1.54) is 4.88 Å². The second kappa shape index (κ2) is 5.74. The fourth-order valence-corrected chi connectivity index (χ4v) is 2.19. The van der Waals surface area contributed by atoms with E-state index in [1.807, 2.05) is 12.1 Å². The molecule has 0 spiro atoms. The number of thiophene rings is 1. The smallest absolute Gasteiger partial charge is 0.329 e. The zero-order valence-corrected chi connectivity index (χ0v) is 10.6. The largest absolute Gasteiger partial charge is 0.480 e. The number of aryl methyl sites for hydroxylation is 1. The third-order valence-corrected chi connectivity index (χ3v) is 3.36. The number of aromatic nitrogens is 2. The van der Waals surface area contributed by atoms with Crippen LogP contribution in [0.5, 0.6) is 0 Å². The Morgan fingerprint density at radius 3 is 3.00 bits per heavy atom. The Morgan fingerprint density at radius 2 is 2.33 bits per heavy atom. The van der Waals surface area contributed by atoms with Gasteiger partial charge in [-0.25, -0.2) is 4.79 Å². The molecule has 0 saturated carbocycles. The minimum absolute atomic E-state index is 0.00527. The molecule has 0 aliphatic rings. The number of carboxylic acids is 1. The Labute approximate surface area is 107 Å². The predicted octanol–water partition coefficient (Wildman–Crippen LogP) is 1.96. The lowest BCUT2D eigenvalue weighted by Crippen LogP contribution is -2.06. The lowest BCUT2D eigenvalue weighted by Gasteiger charge is -1.94. The van der Waals surface area contributed by atoms with Crippen LogP contribution in [0.15, 0.2) is 16.5 Å². The van der Waals surface area contributed by atoms with Crippen LogP contribution in [-0.4, -0.2) is 27.9 Å². The van der Waals surface area contributed by atoms with Crippen LogP contribution in [0.3, 0.4) is 0 Å². The average Bonchev–Trinajstić information content (AvgIpc) is 2.95. The van der Waals surface area contributed by atoms with E-state index in [1.54, 1.807) is 11.3 Å². The summed E-state index contributed by atoms with van der Waals surface area (Å²) in [4.78, 5) is 12.4. The first-order valence-corrected chi connectivity index (χ1v) is 6.21. The summed E-state index contributed by atoms with van der Waals surface area (Å²) in [5, 5.41) is 16.1. The third-order valence-electron chi connectivity index (χ3n) is 2.14. The number of aliphatic carboxylic acids is 1. The summed E-state index contributed by atoms with van der Waals surface area (Å²) in [6.07, 6.45) is 0.966. The van der Waals surface area contributed by atoms with Crippen molar-refractivity contribution < 1.29 is 19.1 Å². The molecule has 2 heterocycles. The van der Waals surface area contributed by atoms with Crippen molar-refractivity contribution in [1.29, 1.82) is 0 Å². The first-order chi connectivity index (χ1) is 8.69. The lowest BCUT2D eigenvalue weighted by atomic mass is 10.4. The highest BCUT2D eigenvalue weighted by molar-refractivity contribution is 7.15. The Kier molecular flexibility index (Phi) is 4.06. The van der Waals surface area contributed by atoms with Crippen molar-refractivity contribution in [2.45, 2.75) is 20.0 Å². The zero-order chi connectivity index (χ0) is 13.0. The van der Waals surface area contributed by atoms with Crippen LogP contribution in [0, 0.1) is 0 Å². The summed E-state index contributed by atoms with van der Waals surface area (Å²) in [5.74, 6) is -0.313. The zero-order valence-electron chi connectivity index (χ0n) is 9.75. The Morgan fingerprint density at radius 1 is 1.50 bits per heavy atom. The number of carboxylic acid groups (broad SMARTS) is 1. The molecule has 2 aromatic rings. The third kappa shape index (κ3) is 3.14. The number of ether oxygens (including phenoxy) is 1. The van der Waals surface area contributed by atoms with E-state index in [9.17, 15) is 4.79 Å². The van der Waals surface area contributed by atoms with Crippen LogP contribution in [-0.2, 0) is 22.6 Å². The number of nitrogens with zero attached hydrogens (tertiary/aromatic N) is 2. The maximum Gasteiger partial charge on any atom is 0.329 e. The van der Waals surface area contributed by atoms with Gasteiger partial charge in [-0.15, -0.1) is 21.5 Å². The molecular weight excluding hydrogens is 256 g/mol. The second-order valence-corrected chi connectivity index (χ2v) is 4.68. The van der Waals surface area contributed by atoms with Crippen LogP contribution in [0.1, 0.15) is 17.7 Å². The van der Waals surface area contributed by atoms with Crippen molar-refractivity contribution in [1.82, 2.24) is 10.2 Å². The molecule has 7 heteroatoms. The van der Waals surface area contributed by atoms with Crippen molar-refractivity contribution in [3.63, 3.8) is 0 Å². The summed E-state index contributed by atoms with van der Waals surface area (Å²) in [5.41, 5.74) is 0. The van der Waals surface area contributed by atoms with Crippen molar-refractivity contribution in [3.05, 3.63) is 22.9 Å². The van der Waals surface area contributed by atoms with Gasteiger partial charge in [0.25, 0.3) is 5.89 Å². The molecule has 96 valence electrons. The molecule has 0 atom stereocenters. The molecule has 0 aliphatic carbocycles. The molecule has 18 heavy (non-hydrogen) atoms. The Bertz CT molecular complexity index is 535. The van der Waals surface area contributed by atoms with Gasteiger partial charge >= 0.3 is 5.97 Å². The highest BCUT2D eigenvalue weighted by atomic mass is 32.1. The molecule has 0 radical (unpaired) electrons. The van der Waals surface area contributed by atoms with Gasteiger partial charge < -0.3 is 14.3 Å². The first kappa shape index (κ1) is 12.7. The molecule has 0 saturated heterocycles. The van der Waals surface area contributed by atoms with E-state index in [0.717, 1.165) is 11.3 Å². The van der Waals surface area contributed by atoms with E-state index < -0.39 is 5.97 Å². The topological polar surface area (TPSA) is 85.5 Å². The summed E-state index contributed by atoms with van der Waals surface area (Å²) in [6.45, 7) is 1.70. The predicted molar refractivity (Wildman–Crippen MR) is 64.3 cm³/mol. The number of rotatable bonds is 6. The molecule has 0 aromatic carbocycles. The summed E-state index contributed by atoms with van der Waals surface area (Å²) in [7, 11) is 0. The molecule has 2 aromatic heterocycles. The highest BCUT2D eigenvalue weighted by Crippen LogP contribution is 2.27. The maximum absolute atomic E-state index is 10.3. The fourth-order valence-electron chi connectivity index (χ4n) is 1.32. The molecule has 0 fully saturated rings. The molecule has 6 nitrogen and oxygen atoms in total. The molecule has 0 aliphatic heterocycles. The summed E-state index contributed by atoms with van der Waals surface area (Å²) < 4.78 is 10.2. The van der Waals surface area contributed by atoms with Crippen molar-refractivity contribution in [2.24, 2.45) is 0 Å². The standard InChI is InChI=1S/C11H12N2O4S/c1-2-7-3-4-8(18-7)11-13-12-9(17-11)5-16-6-10(14)15/h3-4H,2,5-6H2,1H3,(H,14,15). The van der Waals surface area contributed by atoms with Gasteiger partial charge in [-0.1, -0.05) is 6.92 Å². The molecule has 0 amide bonds. The number of carbonyl (C=O) groups is 1. The SMILES string of the molecule is CCc1ccc(-c2nnc(COCC(=O)O)o2)s1. The molecular formula is C11H12N2O4S. The molecule has 0 bridgehead atoms. The van der Waals surface area contributed by atoms with Gasteiger partial charge in [-0.3, -0.25) is 0 Å². The molecule has 2 rings (SSSR count). The number of hydrogen-bond acceptors (Lipinski definition) is 6. The van der Waals surface area contributed by atoms with E-state index in [0.29, 0.717) is 5.89 Å². The van der Waals surface area contributed by atoms with Gasteiger partial charge in [0.15, 0.2) is 0 Å². The molecule has 1 N–H and O–H groups in total.